The zero-order valence-electron chi connectivity index (χ0n) is 22.3. The maximum absolute atomic E-state index is 14.0. The second kappa shape index (κ2) is 10.9. The van der Waals surface area contributed by atoms with E-state index in [0.717, 1.165) is 35.2 Å². The van der Waals surface area contributed by atoms with E-state index in [1.807, 2.05) is 87.5 Å². The number of rotatable bonds is 9. The molecule has 0 spiro atoms. The fourth-order valence-electron chi connectivity index (χ4n) is 5.27. The van der Waals surface area contributed by atoms with Gasteiger partial charge in [-0.3, -0.25) is 14.4 Å². The number of carbonyl (C=O) groups excluding carboxylic acids is 2. The molecule has 0 N–H and O–H groups in total. The number of hydrogen-bond donors (Lipinski definition) is 0. The van der Waals surface area contributed by atoms with Crippen LogP contribution in [-0.4, -0.2) is 31.1 Å². The molecule has 0 radical (unpaired) electrons. The van der Waals surface area contributed by atoms with E-state index in [9.17, 15) is 9.59 Å². The van der Waals surface area contributed by atoms with E-state index < -0.39 is 18.1 Å². The van der Waals surface area contributed by atoms with Crippen molar-refractivity contribution in [2.24, 2.45) is 5.92 Å². The lowest BCUT2D eigenvalue weighted by molar-refractivity contribution is -0.126. The lowest BCUT2D eigenvalue weighted by atomic mass is 9.90. The van der Waals surface area contributed by atoms with Gasteiger partial charge in [-0.05, 0) is 68.7 Å². The molecule has 2 aliphatic heterocycles. The molecule has 0 aliphatic carbocycles. The molecule has 0 unspecified atom stereocenters. The number of unbranched alkanes of at least 4 members (excludes halogenated alkanes) is 1. The first-order valence-electron chi connectivity index (χ1n) is 13.3. The van der Waals surface area contributed by atoms with Crippen molar-refractivity contribution in [2.75, 3.05) is 23.2 Å². The fraction of sp³-hybridized carbons (Fsp3) is 0.355. The molecule has 0 bridgehead atoms. The third-order valence-corrected chi connectivity index (χ3v) is 7.08. The van der Waals surface area contributed by atoms with Crippen LogP contribution in [0.4, 0.5) is 11.4 Å². The van der Waals surface area contributed by atoms with E-state index in [-0.39, 0.29) is 11.8 Å². The number of fused-ring (bicyclic) bond motifs is 1. The molecular weight excluding hydrogens is 480 g/mol. The van der Waals surface area contributed by atoms with Crippen LogP contribution in [0.15, 0.2) is 66.7 Å². The van der Waals surface area contributed by atoms with Crippen LogP contribution in [0.2, 0.25) is 0 Å². The first-order chi connectivity index (χ1) is 18.4. The smallest absolute Gasteiger partial charge is 0.266 e. The van der Waals surface area contributed by atoms with Gasteiger partial charge < -0.3 is 9.47 Å². The third kappa shape index (κ3) is 4.63. The van der Waals surface area contributed by atoms with Gasteiger partial charge in [-0.2, -0.15) is 0 Å². The molecule has 198 valence electrons. The van der Waals surface area contributed by atoms with Gasteiger partial charge in [0, 0.05) is 0 Å². The highest BCUT2D eigenvalue weighted by molar-refractivity contribution is 6.24. The zero-order chi connectivity index (χ0) is 26.8. The molecule has 2 amide bonds. The minimum absolute atomic E-state index is 0.267. The summed E-state index contributed by atoms with van der Waals surface area (Å²) in [6.07, 6.45) is 1.05. The highest BCUT2D eigenvalue weighted by Crippen LogP contribution is 2.49. The summed E-state index contributed by atoms with van der Waals surface area (Å²) in [4.78, 5) is 35.2. The number of hydroxylamine groups is 1. The molecule has 3 aromatic carbocycles. The van der Waals surface area contributed by atoms with Crippen molar-refractivity contribution >= 4 is 23.2 Å². The number of nitrogens with zero attached hydrogens (tertiary/aromatic N) is 2. The van der Waals surface area contributed by atoms with E-state index in [2.05, 4.69) is 6.92 Å². The van der Waals surface area contributed by atoms with E-state index in [1.165, 1.54) is 4.90 Å². The molecule has 2 aliphatic rings. The molecular formula is C31H34N2O5. The highest BCUT2D eigenvalue weighted by atomic mass is 16.7. The SMILES string of the molecule is CCCCOc1ccc([C@@H]2[C@H]3C(=O)N(c4ccc(C)cc4C)C(=O)[C@@H]3ON2c2ccccc2)cc1OCC. The Kier molecular flexibility index (Phi) is 7.38. The summed E-state index contributed by atoms with van der Waals surface area (Å²) in [5, 5.41) is 1.70. The monoisotopic (exact) mass is 514 g/mol. The van der Waals surface area contributed by atoms with Crippen LogP contribution in [0.5, 0.6) is 11.5 Å². The van der Waals surface area contributed by atoms with Crippen molar-refractivity contribution in [3.8, 4) is 11.5 Å². The summed E-state index contributed by atoms with van der Waals surface area (Å²) in [6, 6.07) is 20.5. The maximum Gasteiger partial charge on any atom is 0.266 e. The second-order valence-electron chi connectivity index (χ2n) is 9.80. The van der Waals surface area contributed by atoms with Gasteiger partial charge in [0.2, 0.25) is 5.91 Å². The topological polar surface area (TPSA) is 68.3 Å². The summed E-state index contributed by atoms with van der Waals surface area (Å²) < 4.78 is 11.9. The van der Waals surface area contributed by atoms with Crippen molar-refractivity contribution in [1.29, 1.82) is 0 Å². The average molecular weight is 515 g/mol. The molecule has 3 aromatic rings. The lowest BCUT2D eigenvalue weighted by Gasteiger charge is -2.29. The predicted molar refractivity (Wildman–Crippen MR) is 146 cm³/mol. The highest BCUT2D eigenvalue weighted by Gasteiger charge is 2.60. The molecule has 3 atom stereocenters. The standard InChI is InChI=1S/C31H34N2O5/c1-5-7-17-37-25-16-14-22(19-26(25)36-6-2)28-27-29(38-33(28)23-11-9-8-10-12-23)31(35)32(30(27)34)24-15-13-20(3)18-21(24)4/h8-16,18-19,27-29H,5-7,17H2,1-4H3/t27-,28-,29-/m1/s1. The first-order valence-corrected chi connectivity index (χ1v) is 13.3. The molecule has 2 fully saturated rings. The Morgan fingerprint density at radius 2 is 1.66 bits per heavy atom. The van der Waals surface area contributed by atoms with Gasteiger partial charge in [0.25, 0.3) is 5.91 Å². The third-order valence-electron chi connectivity index (χ3n) is 7.08. The number of anilines is 2. The maximum atomic E-state index is 14.0. The quantitative estimate of drug-likeness (QED) is 0.260. The Bertz CT molecular complexity index is 1330. The van der Waals surface area contributed by atoms with Crippen LogP contribution in [-0.2, 0) is 14.4 Å². The van der Waals surface area contributed by atoms with Gasteiger partial charge in [0.05, 0.1) is 30.6 Å². The Morgan fingerprint density at radius 1 is 0.868 bits per heavy atom. The van der Waals surface area contributed by atoms with Crippen molar-refractivity contribution < 1.29 is 23.9 Å². The van der Waals surface area contributed by atoms with Gasteiger partial charge in [0.1, 0.15) is 5.92 Å². The van der Waals surface area contributed by atoms with Crippen LogP contribution in [0.25, 0.3) is 0 Å². The van der Waals surface area contributed by atoms with Gasteiger partial charge in [-0.1, -0.05) is 55.3 Å². The predicted octanol–water partition coefficient (Wildman–Crippen LogP) is 5.93. The lowest BCUT2D eigenvalue weighted by Crippen LogP contribution is -2.37. The van der Waals surface area contributed by atoms with E-state index in [4.69, 9.17) is 14.3 Å². The van der Waals surface area contributed by atoms with E-state index in [0.29, 0.717) is 30.4 Å². The minimum atomic E-state index is -0.926. The number of aryl methyl sites for hydroxylation is 2. The van der Waals surface area contributed by atoms with Gasteiger partial charge >= 0.3 is 0 Å². The van der Waals surface area contributed by atoms with Crippen molar-refractivity contribution in [1.82, 2.24) is 0 Å². The largest absolute Gasteiger partial charge is 0.490 e. The normalized spacial score (nSPS) is 20.7. The van der Waals surface area contributed by atoms with Gasteiger partial charge in [0.15, 0.2) is 17.6 Å². The Balaban J connectivity index is 1.56. The number of carbonyl (C=O) groups is 2. The van der Waals surface area contributed by atoms with E-state index in [1.54, 1.807) is 5.06 Å². The number of ether oxygens (including phenoxy) is 2. The molecule has 0 saturated carbocycles. The summed E-state index contributed by atoms with van der Waals surface area (Å²) in [5.41, 5.74) is 4.13. The number of amides is 2. The van der Waals surface area contributed by atoms with Crippen molar-refractivity contribution in [3.63, 3.8) is 0 Å². The fourth-order valence-corrected chi connectivity index (χ4v) is 5.27. The number of imide groups is 1. The first kappa shape index (κ1) is 25.8. The summed E-state index contributed by atoms with van der Waals surface area (Å²) in [7, 11) is 0. The van der Waals surface area contributed by atoms with Gasteiger partial charge in [-0.15, -0.1) is 0 Å². The Morgan fingerprint density at radius 3 is 2.37 bits per heavy atom. The van der Waals surface area contributed by atoms with Crippen LogP contribution in [0.1, 0.15) is 49.4 Å². The Hall–Kier alpha value is -3.84. The molecule has 2 heterocycles. The molecule has 7 nitrogen and oxygen atoms in total. The summed E-state index contributed by atoms with van der Waals surface area (Å²) in [6.45, 7) is 9.02. The summed E-state index contributed by atoms with van der Waals surface area (Å²) in [5.74, 6) is -0.0571. The van der Waals surface area contributed by atoms with Gasteiger partial charge in [-0.25, -0.2) is 9.96 Å². The minimum Gasteiger partial charge on any atom is -0.490 e. The van der Waals surface area contributed by atoms with Crippen molar-refractivity contribution in [2.45, 2.75) is 52.7 Å². The molecule has 2 saturated heterocycles. The zero-order valence-corrected chi connectivity index (χ0v) is 22.3. The Labute approximate surface area is 223 Å². The second-order valence-corrected chi connectivity index (χ2v) is 9.80. The summed E-state index contributed by atoms with van der Waals surface area (Å²) >= 11 is 0. The number of benzene rings is 3. The van der Waals surface area contributed by atoms with Crippen LogP contribution in [0.3, 0.4) is 0 Å². The number of para-hydroxylation sites is 1. The molecule has 7 heteroatoms. The van der Waals surface area contributed by atoms with Crippen LogP contribution < -0.4 is 19.4 Å². The van der Waals surface area contributed by atoms with Crippen molar-refractivity contribution in [3.05, 3.63) is 83.4 Å². The molecule has 38 heavy (non-hydrogen) atoms. The molecule has 0 aromatic heterocycles. The van der Waals surface area contributed by atoms with Crippen LogP contribution in [0, 0.1) is 19.8 Å². The van der Waals surface area contributed by atoms with Crippen LogP contribution >= 0.6 is 0 Å². The van der Waals surface area contributed by atoms with E-state index >= 15 is 0 Å². The number of hydrogen-bond acceptors (Lipinski definition) is 6. The molecule has 5 rings (SSSR count). The average Bonchev–Trinajstić information content (AvgIpc) is 3.42.